The van der Waals surface area contributed by atoms with Gasteiger partial charge in [0.25, 0.3) is 0 Å². The minimum absolute atomic E-state index is 0.393. The molecule has 0 aliphatic rings. The molecule has 71 valence electrons. The Hall–Kier alpha value is -1.77. The fraction of sp³-hybridized carbons (Fsp3) is 0.0909. The van der Waals surface area contributed by atoms with Crippen molar-refractivity contribution < 1.29 is 9.15 Å². The maximum absolute atomic E-state index is 11.1. The van der Waals surface area contributed by atoms with E-state index < -0.39 is 5.63 Å². The summed E-state index contributed by atoms with van der Waals surface area (Å²) < 4.78 is 10.0. The van der Waals surface area contributed by atoms with E-state index in [9.17, 15) is 4.79 Å². The largest absolute Gasteiger partial charge is 0.497 e. The third kappa shape index (κ3) is 1.37. The lowest BCUT2D eigenvalue weighted by Gasteiger charge is -2.02. The molecular formula is C11H9O3. The van der Waals surface area contributed by atoms with Crippen LogP contribution in [0, 0.1) is 6.92 Å². The molecule has 0 spiro atoms. The molecular weight excluding hydrogens is 180 g/mol. The molecule has 0 N–H and O–H groups in total. The van der Waals surface area contributed by atoms with Crippen LogP contribution in [0.3, 0.4) is 0 Å². The lowest BCUT2D eigenvalue weighted by atomic mass is 10.1. The van der Waals surface area contributed by atoms with Crippen molar-refractivity contribution in [3.8, 4) is 5.75 Å². The van der Waals surface area contributed by atoms with E-state index in [4.69, 9.17) is 9.15 Å². The second-order valence-corrected chi connectivity index (χ2v) is 2.95. The molecule has 0 fully saturated rings. The Labute approximate surface area is 80.9 Å². The van der Waals surface area contributed by atoms with Crippen molar-refractivity contribution in [2.24, 2.45) is 0 Å². The number of benzene rings is 1. The lowest BCUT2D eigenvalue weighted by molar-refractivity contribution is 0.414. The zero-order valence-electron chi connectivity index (χ0n) is 7.74. The van der Waals surface area contributed by atoms with Gasteiger partial charge >= 0.3 is 5.63 Å². The van der Waals surface area contributed by atoms with Gasteiger partial charge in [-0.25, -0.2) is 4.79 Å². The lowest BCUT2D eigenvalue weighted by Crippen LogP contribution is -1.97. The summed E-state index contributed by atoms with van der Waals surface area (Å²) >= 11 is 0. The number of hydrogen-bond acceptors (Lipinski definition) is 3. The number of methoxy groups -OCH3 is 1. The van der Waals surface area contributed by atoms with Gasteiger partial charge in [-0.2, -0.15) is 0 Å². The van der Waals surface area contributed by atoms with Crippen LogP contribution in [0.2, 0.25) is 0 Å². The highest BCUT2D eigenvalue weighted by molar-refractivity contribution is 5.82. The zero-order chi connectivity index (χ0) is 10.1. The molecule has 0 saturated carbocycles. The number of hydrogen-bond donors (Lipinski definition) is 0. The summed E-state index contributed by atoms with van der Waals surface area (Å²) in [5.74, 6) is 0.659. The van der Waals surface area contributed by atoms with Gasteiger partial charge in [0, 0.05) is 17.5 Å². The van der Waals surface area contributed by atoms with Gasteiger partial charge in [-0.05, 0) is 24.6 Å². The highest BCUT2D eigenvalue weighted by Gasteiger charge is 2.02. The molecule has 2 rings (SSSR count). The van der Waals surface area contributed by atoms with Crippen molar-refractivity contribution in [3.63, 3.8) is 0 Å². The van der Waals surface area contributed by atoms with Gasteiger partial charge in [-0.3, -0.25) is 0 Å². The molecule has 0 bridgehead atoms. The van der Waals surface area contributed by atoms with Gasteiger partial charge in [0.05, 0.1) is 7.11 Å². The van der Waals surface area contributed by atoms with Crippen LogP contribution < -0.4 is 10.4 Å². The Kier molecular flexibility index (Phi) is 2.00. The summed E-state index contributed by atoms with van der Waals surface area (Å²) in [6, 6.07) is 6.66. The van der Waals surface area contributed by atoms with Gasteiger partial charge in [0.1, 0.15) is 11.3 Å². The molecule has 0 unspecified atom stereocenters. The van der Waals surface area contributed by atoms with E-state index in [1.807, 2.05) is 6.07 Å². The van der Waals surface area contributed by atoms with Crippen LogP contribution in [0.4, 0.5) is 0 Å². The van der Waals surface area contributed by atoms with Crippen LogP contribution in [0.1, 0.15) is 5.56 Å². The summed E-state index contributed by atoms with van der Waals surface area (Å²) in [5, 5.41) is 0.824. The first-order valence-electron chi connectivity index (χ1n) is 4.14. The van der Waals surface area contributed by atoms with Crippen LogP contribution in [0.5, 0.6) is 5.75 Å². The summed E-state index contributed by atoms with van der Waals surface area (Å²) in [5.41, 5.74) is 0.775. The van der Waals surface area contributed by atoms with Gasteiger partial charge < -0.3 is 9.15 Å². The quantitative estimate of drug-likeness (QED) is 0.644. The molecule has 0 saturated heterocycles. The first-order valence-corrected chi connectivity index (χ1v) is 4.14. The van der Waals surface area contributed by atoms with Crippen LogP contribution in [-0.4, -0.2) is 7.11 Å². The predicted molar refractivity (Wildman–Crippen MR) is 53.5 cm³/mol. The second-order valence-electron chi connectivity index (χ2n) is 2.95. The molecule has 3 nitrogen and oxygen atoms in total. The van der Waals surface area contributed by atoms with Crippen LogP contribution >= 0.6 is 0 Å². The van der Waals surface area contributed by atoms with Crippen LogP contribution in [-0.2, 0) is 0 Å². The minimum atomic E-state index is -0.393. The van der Waals surface area contributed by atoms with E-state index in [2.05, 4.69) is 6.92 Å². The van der Waals surface area contributed by atoms with Crippen molar-refractivity contribution >= 4 is 11.0 Å². The van der Waals surface area contributed by atoms with E-state index in [1.54, 1.807) is 19.2 Å². The average Bonchev–Trinajstić information content (AvgIpc) is 2.16. The van der Waals surface area contributed by atoms with E-state index in [1.165, 1.54) is 6.07 Å². The Bertz CT molecular complexity index is 526. The molecule has 1 aromatic heterocycles. The van der Waals surface area contributed by atoms with Crippen LogP contribution in [0.15, 0.2) is 33.5 Å². The van der Waals surface area contributed by atoms with Crippen molar-refractivity contribution in [3.05, 3.63) is 47.2 Å². The number of ether oxygens (including phenoxy) is 1. The van der Waals surface area contributed by atoms with Crippen molar-refractivity contribution in [2.75, 3.05) is 7.11 Å². The third-order valence-electron chi connectivity index (χ3n) is 2.04. The number of rotatable bonds is 1. The molecule has 2 aromatic rings. The Morgan fingerprint density at radius 2 is 2.14 bits per heavy atom. The van der Waals surface area contributed by atoms with Gasteiger partial charge in [-0.1, -0.05) is 0 Å². The standard InChI is InChI=1S/C11H9O3/c1-7-5-11(12)14-10-6-8(13-2)3-4-9(7)10/h3-6H,1H2,2H3. The first-order chi connectivity index (χ1) is 6.70. The molecule has 1 aromatic carbocycles. The minimum Gasteiger partial charge on any atom is -0.497 e. The van der Waals surface area contributed by atoms with Crippen molar-refractivity contribution in [2.45, 2.75) is 0 Å². The second kappa shape index (κ2) is 3.18. The zero-order valence-corrected chi connectivity index (χ0v) is 7.74. The highest BCUT2D eigenvalue weighted by Crippen LogP contribution is 2.21. The normalized spacial score (nSPS) is 10.4. The molecule has 0 amide bonds. The first kappa shape index (κ1) is 8.81. The van der Waals surface area contributed by atoms with Crippen molar-refractivity contribution in [1.29, 1.82) is 0 Å². The fourth-order valence-electron chi connectivity index (χ4n) is 1.34. The summed E-state index contributed by atoms with van der Waals surface area (Å²) in [6.45, 7) is 3.76. The molecule has 3 heteroatoms. The molecule has 1 radical (unpaired) electrons. The summed E-state index contributed by atoms with van der Waals surface area (Å²) in [4.78, 5) is 11.1. The fourth-order valence-corrected chi connectivity index (χ4v) is 1.34. The maximum atomic E-state index is 11.1. The topological polar surface area (TPSA) is 39.4 Å². The SMILES string of the molecule is [CH2]c1cc(=O)oc2cc(OC)ccc12. The monoisotopic (exact) mass is 189 g/mol. The van der Waals surface area contributed by atoms with Gasteiger partial charge in [-0.15, -0.1) is 0 Å². The number of fused-ring (bicyclic) bond motifs is 1. The van der Waals surface area contributed by atoms with E-state index >= 15 is 0 Å². The molecule has 0 atom stereocenters. The van der Waals surface area contributed by atoms with Crippen LogP contribution in [0.25, 0.3) is 11.0 Å². The molecule has 0 aliphatic carbocycles. The Balaban J connectivity index is 2.82. The Morgan fingerprint density at radius 1 is 1.36 bits per heavy atom. The van der Waals surface area contributed by atoms with Gasteiger partial charge in [0.2, 0.25) is 0 Å². The Morgan fingerprint density at radius 3 is 2.86 bits per heavy atom. The van der Waals surface area contributed by atoms with E-state index in [0.29, 0.717) is 16.9 Å². The summed E-state index contributed by atoms with van der Waals surface area (Å²) in [6.07, 6.45) is 0. The van der Waals surface area contributed by atoms with Gasteiger partial charge in [0.15, 0.2) is 0 Å². The predicted octanol–water partition coefficient (Wildman–Crippen LogP) is 1.98. The van der Waals surface area contributed by atoms with E-state index in [-0.39, 0.29) is 0 Å². The molecule has 1 heterocycles. The molecule has 0 aliphatic heterocycles. The smallest absolute Gasteiger partial charge is 0.336 e. The van der Waals surface area contributed by atoms with Crippen molar-refractivity contribution in [1.82, 2.24) is 0 Å². The summed E-state index contributed by atoms with van der Waals surface area (Å²) in [7, 11) is 1.56. The van der Waals surface area contributed by atoms with E-state index in [0.717, 1.165) is 5.39 Å². The molecule has 14 heavy (non-hydrogen) atoms. The maximum Gasteiger partial charge on any atom is 0.336 e. The average molecular weight is 189 g/mol. The highest BCUT2D eigenvalue weighted by atomic mass is 16.5. The third-order valence-corrected chi connectivity index (χ3v) is 2.04.